The molecule has 218 valence electrons. The maximum absolute atomic E-state index is 14.2. The van der Waals surface area contributed by atoms with E-state index in [-0.39, 0.29) is 35.5 Å². The van der Waals surface area contributed by atoms with Gasteiger partial charge in [0.1, 0.15) is 6.07 Å². The topological polar surface area (TPSA) is 110 Å². The molecule has 4 heterocycles. The van der Waals surface area contributed by atoms with Crippen LogP contribution in [0.1, 0.15) is 41.8 Å². The fraction of sp³-hybridized carbons (Fsp3) is 0.400. The minimum absolute atomic E-state index is 0.0167. The first kappa shape index (κ1) is 29.5. The van der Waals surface area contributed by atoms with Crippen LogP contribution in [-0.2, 0) is 4.79 Å². The molecule has 0 radical (unpaired) electrons. The lowest BCUT2D eigenvalue weighted by molar-refractivity contribution is -0.136. The summed E-state index contributed by atoms with van der Waals surface area (Å²) in [6.45, 7) is 2.34. The highest BCUT2D eigenvalue weighted by Crippen LogP contribution is 2.36. The molecule has 12 heteroatoms. The Balaban J connectivity index is 1.39. The van der Waals surface area contributed by atoms with Gasteiger partial charge in [0.15, 0.2) is 11.5 Å². The molecule has 2 aliphatic rings. The van der Waals surface area contributed by atoms with E-state index in [0.29, 0.717) is 55.0 Å². The molecule has 3 amide bonds. The second-order valence-corrected chi connectivity index (χ2v) is 11.7. The first-order valence-electron chi connectivity index (χ1n) is 13.9. The molecule has 0 aliphatic carbocycles. The summed E-state index contributed by atoms with van der Waals surface area (Å²) in [5.74, 6) is 0.0344. The fourth-order valence-electron chi connectivity index (χ4n) is 5.80. The van der Waals surface area contributed by atoms with E-state index in [0.717, 1.165) is 17.7 Å². The molecule has 0 bridgehead atoms. The van der Waals surface area contributed by atoms with Gasteiger partial charge in [0.2, 0.25) is 5.91 Å². The van der Waals surface area contributed by atoms with E-state index in [2.05, 4.69) is 15.2 Å². The summed E-state index contributed by atoms with van der Waals surface area (Å²) in [5, 5.41) is 18.5. The van der Waals surface area contributed by atoms with Crippen molar-refractivity contribution in [1.29, 1.82) is 5.26 Å². The van der Waals surface area contributed by atoms with Gasteiger partial charge in [0.25, 0.3) is 0 Å². The molecule has 3 atom stereocenters. The van der Waals surface area contributed by atoms with Crippen LogP contribution in [0.25, 0.3) is 0 Å². The van der Waals surface area contributed by atoms with Crippen LogP contribution in [0, 0.1) is 17.2 Å². The van der Waals surface area contributed by atoms with E-state index in [9.17, 15) is 9.59 Å². The molecule has 10 nitrogen and oxygen atoms in total. The largest absolute Gasteiger partial charge is 0.354 e. The second kappa shape index (κ2) is 12.9. The highest BCUT2D eigenvalue weighted by Gasteiger charge is 2.42. The number of rotatable bonds is 4. The van der Waals surface area contributed by atoms with Crippen molar-refractivity contribution in [3.8, 4) is 6.07 Å². The van der Waals surface area contributed by atoms with Crippen molar-refractivity contribution in [2.24, 2.45) is 5.92 Å². The normalized spacial score (nSPS) is 20.9. The second-order valence-electron chi connectivity index (χ2n) is 10.8. The van der Waals surface area contributed by atoms with Gasteiger partial charge in [-0.3, -0.25) is 9.78 Å². The van der Waals surface area contributed by atoms with Gasteiger partial charge in [-0.25, -0.2) is 4.79 Å². The number of carbonyl (C=O) groups is 2. The van der Waals surface area contributed by atoms with Crippen LogP contribution in [0.4, 0.5) is 10.6 Å². The summed E-state index contributed by atoms with van der Waals surface area (Å²) in [6.07, 6.45) is 3.04. The molecular weight excluding hydrogens is 575 g/mol. The summed E-state index contributed by atoms with van der Waals surface area (Å²) in [4.78, 5) is 39.4. The predicted molar refractivity (Wildman–Crippen MR) is 160 cm³/mol. The van der Waals surface area contributed by atoms with Crippen LogP contribution in [0.5, 0.6) is 0 Å². The maximum Gasteiger partial charge on any atom is 0.320 e. The number of carbonyl (C=O) groups excluding carboxylic acids is 2. The summed E-state index contributed by atoms with van der Waals surface area (Å²) in [5.41, 5.74) is 2.04. The van der Waals surface area contributed by atoms with Crippen LogP contribution >= 0.6 is 23.2 Å². The van der Waals surface area contributed by atoms with Gasteiger partial charge in [0.05, 0.1) is 17.0 Å². The Kier molecular flexibility index (Phi) is 9.09. The molecule has 1 aromatic carbocycles. The Morgan fingerprint density at radius 3 is 2.36 bits per heavy atom. The van der Waals surface area contributed by atoms with Gasteiger partial charge in [-0.05, 0) is 54.8 Å². The fourth-order valence-corrected chi connectivity index (χ4v) is 6.04. The van der Waals surface area contributed by atoms with Gasteiger partial charge in [-0.15, -0.1) is 10.2 Å². The predicted octanol–water partition coefficient (Wildman–Crippen LogP) is 4.62. The molecule has 3 unspecified atom stereocenters. The molecule has 0 spiro atoms. The molecule has 2 fully saturated rings. The zero-order valence-electron chi connectivity index (χ0n) is 23.5. The minimum atomic E-state index is -0.388. The number of urea groups is 1. The lowest BCUT2D eigenvalue weighted by Gasteiger charge is -2.39. The smallest absolute Gasteiger partial charge is 0.320 e. The number of aromatic nitrogens is 3. The Hall–Kier alpha value is -3.94. The van der Waals surface area contributed by atoms with Crippen molar-refractivity contribution in [3.05, 3.63) is 81.7 Å². The highest BCUT2D eigenvalue weighted by molar-refractivity contribution is 6.30. The van der Waals surface area contributed by atoms with E-state index in [1.165, 1.54) is 0 Å². The zero-order valence-corrected chi connectivity index (χ0v) is 25.0. The maximum atomic E-state index is 14.2. The van der Waals surface area contributed by atoms with Crippen molar-refractivity contribution < 1.29 is 9.59 Å². The van der Waals surface area contributed by atoms with Crippen LogP contribution < -0.4 is 4.90 Å². The summed E-state index contributed by atoms with van der Waals surface area (Å²) >= 11 is 12.2. The van der Waals surface area contributed by atoms with Gasteiger partial charge < -0.3 is 19.6 Å². The van der Waals surface area contributed by atoms with Crippen LogP contribution in [0.3, 0.4) is 0 Å². The standard InChI is InChI=1S/C30H32Cl2N8O2/c1-37(2)30(42)40-15-14-38(13-3-4-27(40)20-5-7-21(31)8-6-20)29(41)25-19-39(28-12-10-23(16-33)35-36-28)18-24(25)26-11-9-22(32)17-34-26/h5-12,17,24-25,27H,3-4,13-15,18-19H2,1-2H3. The van der Waals surface area contributed by atoms with Crippen LogP contribution in [0.2, 0.25) is 10.0 Å². The van der Waals surface area contributed by atoms with Gasteiger partial charge in [0, 0.05) is 69.7 Å². The van der Waals surface area contributed by atoms with Gasteiger partial charge in [-0.2, -0.15) is 5.26 Å². The number of amides is 3. The van der Waals surface area contributed by atoms with Gasteiger partial charge >= 0.3 is 6.03 Å². The minimum Gasteiger partial charge on any atom is -0.354 e. The third kappa shape index (κ3) is 6.42. The number of hydrogen-bond acceptors (Lipinski definition) is 7. The molecule has 42 heavy (non-hydrogen) atoms. The van der Waals surface area contributed by atoms with E-state index >= 15 is 0 Å². The first-order chi connectivity index (χ1) is 20.2. The summed E-state index contributed by atoms with van der Waals surface area (Å²) < 4.78 is 0. The Morgan fingerprint density at radius 1 is 0.952 bits per heavy atom. The number of anilines is 1. The lowest BCUT2D eigenvalue weighted by Crippen LogP contribution is -2.49. The first-order valence-corrected chi connectivity index (χ1v) is 14.6. The van der Waals surface area contributed by atoms with E-state index in [1.807, 2.05) is 51.1 Å². The highest BCUT2D eigenvalue weighted by atomic mass is 35.5. The molecule has 2 aliphatic heterocycles. The Morgan fingerprint density at radius 2 is 1.71 bits per heavy atom. The number of nitrogens with zero attached hydrogens (tertiary/aromatic N) is 8. The van der Waals surface area contributed by atoms with E-state index in [4.69, 9.17) is 28.5 Å². The van der Waals surface area contributed by atoms with E-state index < -0.39 is 0 Å². The van der Waals surface area contributed by atoms with Gasteiger partial charge in [-0.1, -0.05) is 35.3 Å². The van der Waals surface area contributed by atoms with Crippen molar-refractivity contribution in [2.45, 2.75) is 24.8 Å². The monoisotopic (exact) mass is 606 g/mol. The quantitative estimate of drug-likeness (QED) is 0.426. The average molecular weight is 608 g/mol. The van der Waals surface area contributed by atoms with Crippen LogP contribution in [-0.4, -0.2) is 88.6 Å². The Bertz CT molecular complexity index is 1440. The number of halogens is 2. The third-order valence-electron chi connectivity index (χ3n) is 7.94. The lowest BCUT2D eigenvalue weighted by atomic mass is 9.90. The Labute approximate surface area is 255 Å². The third-order valence-corrected chi connectivity index (χ3v) is 8.42. The zero-order chi connectivity index (χ0) is 29.8. The van der Waals surface area contributed by atoms with Crippen molar-refractivity contribution in [3.63, 3.8) is 0 Å². The molecule has 2 saturated heterocycles. The number of pyridine rings is 1. The molecular formula is C30H32Cl2N8O2. The van der Waals surface area contributed by atoms with Crippen molar-refractivity contribution >= 4 is 41.0 Å². The number of benzene rings is 1. The average Bonchev–Trinajstić information content (AvgIpc) is 3.43. The SMILES string of the molecule is CN(C)C(=O)N1CCN(C(=O)C2CN(c3ccc(C#N)nn3)CC2c2ccc(Cl)cn2)CCCC1c1ccc(Cl)cc1. The molecule has 3 aromatic rings. The van der Waals surface area contributed by atoms with Crippen molar-refractivity contribution in [2.75, 3.05) is 51.7 Å². The van der Waals surface area contributed by atoms with Crippen molar-refractivity contribution in [1.82, 2.24) is 29.9 Å². The molecule has 0 saturated carbocycles. The molecule has 0 N–H and O–H groups in total. The van der Waals surface area contributed by atoms with E-state index in [1.54, 1.807) is 43.4 Å². The summed E-state index contributed by atoms with van der Waals surface area (Å²) in [7, 11) is 3.48. The summed E-state index contributed by atoms with van der Waals surface area (Å²) in [6, 6.07) is 16.4. The molecule has 5 rings (SSSR count). The number of hydrogen-bond donors (Lipinski definition) is 0. The number of nitriles is 1. The molecule has 2 aromatic heterocycles. The van der Waals surface area contributed by atoms with Crippen LogP contribution in [0.15, 0.2) is 54.7 Å².